The van der Waals surface area contributed by atoms with E-state index < -0.39 is 5.97 Å². The predicted octanol–water partition coefficient (Wildman–Crippen LogP) is 4.11. The number of hydrogen-bond donors (Lipinski definition) is 1. The van der Waals surface area contributed by atoms with Crippen LogP contribution in [0.25, 0.3) is 10.2 Å². The number of carbonyl (C=O) groups is 2. The van der Waals surface area contributed by atoms with Gasteiger partial charge < -0.3 is 10.0 Å². The number of nitrogens with zero attached hydrogens (tertiary/aromatic N) is 2. The van der Waals surface area contributed by atoms with Crippen molar-refractivity contribution in [3.63, 3.8) is 0 Å². The molecule has 1 aromatic carbocycles. The molecule has 0 aliphatic carbocycles. The first kappa shape index (κ1) is 18.8. The fourth-order valence-corrected chi connectivity index (χ4v) is 4.60. The van der Waals surface area contributed by atoms with Gasteiger partial charge >= 0.3 is 5.97 Å². The number of aryl methyl sites for hydroxylation is 1. The summed E-state index contributed by atoms with van der Waals surface area (Å²) in [5.74, 6) is -0.191. The molecule has 1 saturated heterocycles. The highest BCUT2D eigenvalue weighted by Gasteiger charge is 2.23. The molecule has 6 heteroatoms. The van der Waals surface area contributed by atoms with E-state index in [2.05, 4.69) is 11.1 Å². The number of likely N-dealkylation sites (tertiary alicyclic amines) is 1. The second-order valence-electron chi connectivity index (χ2n) is 7.06. The molecule has 1 aromatic heterocycles. The third-order valence-electron chi connectivity index (χ3n) is 5.01. The SMILES string of the molecule is O=C(O)CCC1CCCN(C(=O)CCCCc2nc3ccccc3s2)C1. The molecule has 26 heavy (non-hydrogen) atoms. The van der Waals surface area contributed by atoms with E-state index in [9.17, 15) is 9.59 Å². The van der Waals surface area contributed by atoms with Crippen LogP contribution in [-0.2, 0) is 16.0 Å². The first-order valence-corrected chi connectivity index (χ1v) is 10.3. The van der Waals surface area contributed by atoms with E-state index >= 15 is 0 Å². The van der Waals surface area contributed by atoms with Crippen LogP contribution in [0.1, 0.15) is 50.0 Å². The number of rotatable bonds is 8. The van der Waals surface area contributed by atoms with Crippen molar-refractivity contribution in [1.29, 1.82) is 0 Å². The summed E-state index contributed by atoms with van der Waals surface area (Å²) in [5, 5.41) is 9.96. The number of unbranched alkanes of at least 4 members (excludes halogenated alkanes) is 1. The summed E-state index contributed by atoms with van der Waals surface area (Å²) in [6.45, 7) is 1.55. The van der Waals surface area contributed by atoms with Gasteiger partial charge in [0.25, 0.3) is 0 Å². The molecule has 2 heterocycles. The van der Waals surface area contributed by atoms with E-state index in [1.807, 2.05) is 23.1 Å². The van der Waals surface area contributed by atoms with E-state index in [1.165, 1.54) is 4.70 Å². The third kappa shape index (κ3) is 5.27. The van der Waals surface area contributed by atoms with Crippen molar-refractivity contribution in [3.8, 4) is 0 Å². The fourth-order valence-electron chi connectivity index (χ4n) is 3.59. The number of hydrogen-bond acceptors (Lipinski definition) is 4. The lowest BCUT2D eigenvalue weighted by Crippen LogP contribution is -2.39. The third-order valence-corrected chi connectivity index (χ3v) is 6.10. The van der Waals surface area contributed by atoms with Gasteiger partial charge in [-0.05, 0) is 56.6 Å². The standard InChI is InChI=1S/C20H26N2O3S/c23-19(22-13-5-6-15(14-22)11-12-20(24)25)10-4-3-9-18-21-16-7-1-2-8-17(16)26-18/h1-2,7-8,15H,3-6,9-14H2,(H,24,25). The Morgan fingerprint density at radius 1 is 1.23 bits per heavy atom. The Balaban J connectivity index is 1.38. The van der Waals surface area contributed by atoms with Crippen LogP contribution in [0, 0.1) is 5.92 Å². The molecule has 1 aliphatic rings. The van der Waals surface area contributed by atoms with Crippen molar-refractivity contribution >= 4 is 33.4 Å². The minimum absolute atomic E-state index is 0.203. The molecule has 140 valence electrons. The summed E-state index contributed by atoms with van der Waals surface area (Å²) in [4.78, 5) is 29.7. The molecular formula is C20H26N2O3S. The number of carbonyl (C=O) groups excluding carboxylic acids is 1. The minimum Gasteiger partial charge on any atom is -0.481 e. The van der Waals surface area contributed by atoms with Crippen molar-refractivity contribution in [2.24, 2.45) is 5.92 Å². The number of para-hydroxylation sites is 1. The largest absolute Gasteiger partial charge is 0.481 e. The van der Waals surface area contributed by atoms with Crippen LogP contribution in [0.3, 0.4) is 0 Å². The molecule has 3 rings (SSSR count). The van der Waals surface area contributed by atoms with Crippen molar-refractivity contribution in [2.45, 2.75) is 51.4 Å². The maximum absolute atomic E-state index is 12.4. The van der Waals surface area contributed by atoms with Crippen LogP contribution in [0.5, 0.6) is 0 Å². The van der Waals surface area contributed by atoms with Gasteiger partial charge in [0.1, 0.15) is 0 Å². The summed E-state index contributed by atoms with van der Waals surface area (Å²) >= 11 is 1.74. The number of thiazole rings is 1. The molecule has 1 aliphatic heterocycles. The molecule has 2 aromatic rings. The van der Waals surface area contributed by atoms with Gasteiger partial charge in [0, 0.05) is 25.9 Å². The van der Waals surface area contributed by atoms with Gasteiger partial charge in [-0.1, -0.05) is 12.1 Å². The number of piperidine rings is 1. The van der Waals surface area contributed by atoms with Gasteiger partial charge in [0.2, 0.25) is 5.91 Å². The van der Waals surface area contributed by atoms with Crippen LogP contribution in [-0.4, -0.2) is 40.0 Å². The molecule has 1 unspecified atom stereocenters. The Morgan fingerprint density at radius 2 is 2.08 bits per heavy atom. The zero-order chi connectivity index (χ0) is 18.4. The summed E-state index contributed by atoms with van der Waals surface area (Å²) in [7, 11) is 0. The van der Waals surface area contributed by atoms with Gasteiger partial charge in [0.15, 0.2) is 0 Å². The Morgan fingerprint density at radius 3 is 2.88 bits per heavy atom. The van der Waals surface area contributed by atoms with Crippen molar-refractivity contribution in [3.05, 3.63) is 29.3 Å². The molecule has 1 fully saturated rings. The van der Waals surface area contributed by atoms with Crippen molar-refractivity contribution in [1.82, 2.24) is 9.88 Å². The van der Waals surface area contributed by atoms with Gasteiger partial charge in [-0.25, -0.2) is 4.98 Å². The lowest BCUT2D eigenvalue weighted by atomic mass is 9.93. The second-order valence-corrected chi connectivity index (χ2v) is 8.18. The van der Waals surface area contributed by atoms with Crippen molar-refractivity contribution in [2.75, 3.05) is 13.1 Å². The first-order valence-electron chi connectivity index (χ1n) is 9.46. The smallest absolute Gasteiger partial charge is 0.303 e. The minimum atomic E-state index is -0.747. The van der Waals surface area contributed by atoms with Crippen LogP contribution in [0.15, 0.2) is 24.3 Å². The van der Waals surface area contributed by atoms with Crippen LogP contribution in [0.2, 0.25) is 0 Å². The van der Waals surface area contributed by atoms with Crippen molar-refractivity contribution < 1.29 is 14.7 Å². The van der Waals surface area contributed by atoms with E-state index in [1.54, 1.807) is 11.3 Å². The molecule has 1 N–H and O–H groups in total. The average Bonchev–Trinajstić information content (AvgIpc) is 3.06. The first-order chi connectivity index (χ1) is 12.6. The second kappa shape index (κ2) is 9.12. The Labute approximate surface area is 158 Å². The topological polar surface area (TPSA) is 70.5 Å². The maximum Gasteiger partial charge on any atom is 0.303 e. The zero-order valence-corrected chi connectivity index (χ0v) is 15.8. The quantitative estimate of drug-likeness (QED) is 0.706. The Bertz CT molecular complexity index is 725. The van der Waals surface area contributed by atoms with Gasteiger partial charge in [-0.2, -0.15) is 0 Å². The summed E-state index contributed by atoms with van der Waals surface area (Å²) in [6.07, 6.45) is 6.26. The number of aromatic nitrogens is 1. The average molecular weight is 375 g/mol. The summed E-state index contributed by atoms with van der Waals surface area (Å²) < 4.78 is 1.22. The van der Waals surface area contributed by atoms with Gasteiger partial charge in [-0.15, -0.1) is 11.3 Å². The number of benzene rings is 1. The zero-order valence-electron chi connectivity index (χ0n) is 15.0. The van der Waals surface area contributed by atoms with E-state index in [4.69, 9.17) is 5.11 Å². The highest BCUT2D eigenvalue weighted by atomic mass is 32.1. The number of amides is 1. The summed E-state index contributed by atoms with van der Waals surface area (Å²) in [6, 6.07) is 8.17. The molecule has 1 atom stereocenters. The molecule has 5 nitrogen and oxygen atoms in total. The molecular weight excluding hydrogens is 348 g/mol. The van der Waals surface area contributed by atoms with Gasteiger partial charge in [0.05, 0.1) is 15.2 Å². The van der Waals surface area contributed by atoms with Crippen LogP contribution >= 0.6 is 11.3 Å². The lowest BCUT2D eigenvalue weighted by molar-refractivity contribution is -0.137. The molecule has 0 spiro atoms. The normalized spacial score (nSPS) is 17.5. The number of aliphatic carboxylic acids is 1. The van der Waals surface area contributed by atoms with E-state index in [-0.39, 0.29) is 12.3 Å². The Hall–Kier alpha value is -1.95. The highest BCUT2D eigenvalue weighted by Crippen LogP contribution is 2.24. The molecule has 0 bridgehead atoms. The summed E-state index contributed by atoms with van der Waals surface area (Å²) in [5.41, 5.74) is 1.06. The molecule has 1 amide bonds. The van der Waals surface area contributed by atoms with Crippen LogP contribution in [0.4, 0.5) is 0 Å². The van der Waals surface area contributed by atoms with Crippen LogP contribution < -0.4 is 0 Å². The predicted molar refractivity (Wildman–Crippen MR) is 103 cm³/mol. The van der Waals surface area contributed by atoms with Gasteiger partial charge in [-0.3, -0.25) is 9.59 Å². The monoisotopic (exact) mass is 374 g/mol. The molecule has 0 radical (unpaired) electrons. The number of carboxylic acid groups (broad SMARTS) is 1. The maximum atomic E-state index is 12.4. The number of carboxylic acids is 1. The van der Waals surface area contributed by atoms with E-state index in [0.717, 1.165) is 55.7 Å². The van der Waals surface area contributed by atoms with E-state index in [0.29, 0.717) is 18.8 Å². The lowest BCUT2D eigenvalue weighted by Gasteiger charge is -2.32. The fraction of sp³-hybridized carbons (Fsp3) is 0.550. The Kier molecular flexibility index (Phi) is 6.61. The number of fused-ring (bicyclic) bond motifs is 1. The molecule has 0 saturated carbocycles. The highest BCUT2D eigenvalue weighted by molar-refractivity contribution is 7.18.